The molecule has 226 valence electrons. The summed E-state index contributed by atoms with van der Waals surface area (Å²) in [5, 5.41) is 4.21. The molecule has 43 heavy (non-hydrogen) atoms. The van der Waals surface area contributed by atoms with Gasteiger partial charge in [-0.25, -0.2) is 14.6 Å². The molecule has 1 aliphatic heterocycles. The van der Waals surface area contributed by atoms with Gasteiger partial charge in [-0.3, -0.25) is 4.98 Å². The van der Waals surface area contributed by atoms with E-state index in [0.29, 0.717) is 45.4 Å². The van der Waals surface area contributed by atoms with E-state index >= 15 is 4.39 Å². The number of benzene rings is 2. The molecule has 0 bridgehead atoms. The largest absolute Gasteiger partial charge is 0.493 e. The van der Waals surface area contributed by atoms with Gasteiger partial charge < -0.3 is 24.8 Å². The highest BCUT2D eigenvalue weighted by molar-refractivity contribution is 6.33. The molecule has 1 fully saturated rings. The molecule has 3 N–H and O–H groups in total. The van der Waals surface area contributed by atoms with Crippen molar-refractivity contribution >= 4 is 46.4 Å². The number of ether oxygens (including phenoxy) is 3. The number of aromatic nitrogens is 1. The summed E-state index contributed by atoms with van der Waals surface area (Å²) in [5.74, 6) is 0.844. The average Bonchev–Trinajstić information content (AvgIpc) is 3.51. The summed E-state index contributed by atoms with van der Waals surface area (Å²) in [6.45, 7) is 3.85. The van der Waals surface area contributed by atoms with Gasteiger partial charge in [0, 0.05) is 35.4 Å². The molecule has 2 unspecified atom stereocenters. The molecule has 2 atom stereocenters. The fourth-order valence-corrected chi connectivity index (χ4v) is 5.87. The SMILES string of the molecule is COc1cc2c(Oc3ccc(C4(C=NNC(N)=O)C=CC(Cl)=CC4Cl)cc3F)ccnc2cc1OCCCN1CCCC1. The number of halogens is 3. The van der Waals surface area contributed by atoms with Crippen LogP contribution in [0.25, 0.3) is 10.9 Å². The molecule has 2 aromatic carbocycles. The Morgan fingerprint density at radius 1 is 1.21 bits per heavy atom. The number of nitrogens with one attached hydrogen (secondary N) is 1. The second-order valence-corrected chi connectivity index (χ2v) is 11.2. The van der Waals surface area contributed by atoms with E-state index in [2.05, 4.69) is 20.4 Å². The van der Waals surface area contributed by atoms with Crippen molar-refractivity contribution in [1.82, 2.24) is 15.3 Å². The van der Waals surface area contributed by atoms with Crippen molar-refractivity contribution < 1.29 is 23.4 Å². The number of hydrazone groups is 1. The van der Waals surface area contributed by atoms with Gasteiger partial charge in [0.25, 0.3) is 0 Å². The number of nitrogens with two attached hydrogens (primary N) is 1. The van der Waals surface area contributed by atoms with Crippen molar-refractivity contribution in [1.29, 1.82) is 0 Å². The Labute approximate surface area is 259 Å². The lowest BCUT2D eigenvalue weighted by atomic mass is 9.76. The summed E-state index contributed by atoms with van der Waals surface area (Å²) < 4.78 is 33.3. The highest BCUT2D eigenvalue weighted by Crippen LogP contribution is 2.41. The van der Waals surface area contributed by atoms with E-state index in [1.807, 2.05) is 0 Å². The van der Waals surface area contributed by atoms with E-state index in [0.717, 1.165) is 26.1 Å². The fraction of sp³-hybridized carbons (Fsp3) is 0.323. The van der Waals surface area contributed by atoms with E-state index in [4.69, 9.17) is 43.1 Å². The first-order valence-electron chi connectivity index (χ1n) is 13.9. The van der Waals surface area contributed by atoms with Crippen molar-refractivity contribution in [2.75, 3.05) is 33.4 Å². The zero-order valence-corrected chi connectivity index (χ0v) is 25.1. The van der Waals surface area contributed by atoms with E-state index in [9.17, 15) is 4.79 Å². The van der Waals surface area contributed by atoms with E-state index in [-0.39, 0.29) is 5.75 Å². The normalized spacial score (nSPS) is 20.4. The lowest BCUT2D eigenvalue weighted by molar-refractivity contribution is 0.249. The number of nitrogens with zero attached hydrogens (tertiary/aromatic N) is 3. The number of carbonyl (C=O) groups is 1. The standard InChI is InChI=1S/C31H32Cl2FN5O4/c1-41-27-17-22-24(18-28(27)42-14-4-13-39-11-2-3-12-39)36-10-8-25(22)43-26-6-5-20(15-23(26)34)31(19-37-38-30(35)40)9-7-21(32)16-29(31)33/h5-10,15-19,29H,2-4,11-14H2,1H3,(H3,35,38,40). The first kappa shape index (κ1) is 30.6. The van der Waals surface area contributed by atoms with Gasteiger partial charge in [0.05, 0.1) is 30.0 Å². The minimum absolute atomic E-state index is 0.0145. The molecule has 9 nitrogen and oxygen atoms in total. The Balaban J connectivity index is 1.37. The van der Waals surface area contributed by atoms with Crippen LogP contribution in [0.1, 0.15) is 24.8 Å². The lowest BCUT2D eigenvalue weighted by Crippen LogP contribution is -2.38. The van der Waals surface area contributed by atoms with Crippen molar-refractivity contribution in [2.45, 2.75) is 30.1 Å². The minimum Gasteiger partial charge on any atom is -0.493 e. The maximum absolute atomic E-state index is 15.6. The van der Waals surface area contributed by atoms with Crippen LogP contribution < -0.4 is 25.4 Å². The second-order valence-electron chi connectivity index (χ2n) is 10.3. The third kappa shape index (κ3) is 7.04. The maximum Gasteiger partial charge on any atom is 0.332 e. The number of methoxy groups -OCH3 is 1. The van der Waals surface area contributed by atoms with Crippen molar-refractivity contribution in [2.24, 2.45) is 10.8 Å². The Hall–Kier alpha value is -3.86. The molecule has 0 radical (unpaired) electrons. The number of carbonyl (C=O) groups excluding carboxylic acids is 1. The Kier molecular flexibility index (Phi) is 9.69. The zero-order chi connectivity index (χ0) is 30.4. The van der Waals surface area contributed by atoms with Gasteiger partial charge in [-0.15, -0.1) is 11.6 Å². The van der Waals surface area contributed by atoms with Crippen LogP contribution in [-0.2, 0) is 5.41 Å². The summed E-state index contributed by atoms with van der Waals surface area (Å²) in [7, 11) is 1.57. The predicted molar refractivity (Wildman–Crippen MR) is 166 cm³/mol. The number of fused-ring (bicyclic) bond motifs is 1. The van der Waals surface area contributed by atoms with Gasteiger partial charge in [-0.1, -0.05) is 23.7 Å². The average molecular weight is 629 g/mol. The van der Waals surface area contributed by atoms with Crippen LogP contribution >= 0.6 is 23.2 Å². The Morgan fingerprint density at radius 3 is 2.74 bits per heavy atom. The van der Waals surface area contributed by atoms with Gasteiger partial charge in [0.2, 0.25) is 0 Å². The summed E-state index contributed by atoms with van der Waals surface area (Å²) in [5.41, 5.74) is 7.23. The molecule has 2 aliphatic rings. The number of likely N-dealkylation sites (tertiary alicyclic amines) is 1. The number of hydrogen-bond acceptors (Lipinski definition) is 7. The Bertz CT molecular complexity index is 1580. The molecule has 1 aliphatic carbocycles. The van der Waals surface area contributed by atoms with Crippen LogP contribution in [0.5, 0.6) is 23.0 Å². The fourth-order valence-electron chi connectivity index (χ4n) is 5.23. The third-order valence-corrected chi connectivity index (χ3v) is 8.19. The smallest absolute Gasteiger partial charge is 0.332 e. The van der Waals surface area contributed by atoms with Crippen LogP contribution in [0, 0.1) is 5.82 Å². The van der Waals surface area contributed by atoms with Crippen molar-refractivity contribution in [3.8, 4) is 23.0 Å². The topological polar surface area (TPSA) is 111 Å². The third-order valence-electron chi connectivity index (χ3n) is 7.45. The van der Waals surface area contributed by atoms with Crippen LogP contribution in [0.4, 0.5) is 9.18 Å². The van der Waals surface area contributed by atoms with Crippen molar-refractivity contribution in [3.05, 3.63) is 77.2 Å². The summed E-state index contributed by atoms with van der Waals surface area (Å²) in [4.78, 5) is 18.1. The highest BCUT2D eigenvalue weighted by Gasteiger charge is 2.38. The number of amides is 2. The number of rotatable bonds is 11. The zero-order valence-electron chi connectivity index (χ0n) is 23.6. The first-order chi connectivity index (χ1) is 20.8. The summed E-state index contributed by atoms with van der Waals surface area (Å²) in [6.07, 6.45) is 11.3. The van der Waals surface area contributed by atoms with Gasteiger partial charge >= 0.3 is 6.03 Å². The molecular formula is C31H32Cl2FN5O4. The molecular weight excluding hydrogens is 596 g/mol. The number of hydrogen-bond donors (Lipinski definition) is 2. The summed E-state index contributed by atoms with van der Waals surface area (Å²) >= 11 is 12.8. The minimum atomic E-state index is -1.12. The van der Waals surface area contributed by atoms with E-state index in [1.54, 1.807) is 55.8 Å². The molecule has 12 heteroatoms. The van der Waals surface area contributed by atoms with Gasteiger partial charge in [0.1, 0.15) is 5.75 Å². The quantitative estimate of drug-likeness (QED) is 0.113. The highest BCUT2D eigenvalue weighted by atomic mass is 35.5. The van der Waals surface area contributed by atoms with E-state index < -0.39 is 22.6 Å². The molecule has 2 heterocycles. The van der Waals surface area contributed by atoms with Crippen LogP contribution in [-0.4, -0.2) is 60.9 Å². The molecule has 2 amide bonds. The monoisotopic (exact) mass is 627 g/mol. The van der Waals surface area contributed by atoms with Gasteiger partial charge in [-0.05, 0) is 74.3 Å². The van der Waals surface area contributed by atoms with Crippen molar-refractivity contribution in [3.63, 3.8) is 0 Å². The number of pyridine rings is 1. The predicted octanol–water partition coefficient (Wildman–Crippen LogP) is 6.23. The Morgan fingerprint density at radius 2 is 2.02 bits per heavy atom. The number of alkyl halides is 1. The number of primary amides is 1. The molecule has 5 rings (SSSR count). The number of urea groups is 1. The van der Waals surface area contributed by atoms with Crippen LogP contribution in [0.15, 0.2) is 71.0 Å². The molecule has 3 aromatic rings. The first-order valence-corrected chi connectivity index (χ1v) is 14.7. The number of allylic oxidation sites excluding steroid dienone is 4. The molecule has 1 aromatic heterocycles. The van der Waals surface area contributed by atoms with E-state index in [1.165, 1.54) is 31.2 Å². The van der Waals surface area contributed by atoms with Crippen LogP contribution in [0.3, 0.4) is 0 Å². The lowest BCUT2D eigenvalue weighted by Gasteiger charge is -2.32. The summed E-state index contributed by atoms with van der Waals surface area (Å²) in [6, 6.07) is 8.85. The maximum atomic E-state index is 15.6. The molecule has 0 saturated carbocycles. The molecule has 0 spiro atoms. The second kappa shape index (κ2) is 13.6. The van der Waals surface area contributed by atoms with Crippen LogP contribution in [0.2, 0.25) is 0 Å². The molecule has 1 saturated heterocycles. The van der Waals surface area contributed by atoms with Gasteiger partial charge in [-0.2, -0.15) is 5.10 Å². The van der Waals surface area contributed by atoms with Gasteiger partial charge in [0.15, 0.2) is 23.1 Å².